The molecule has 1 aliphatic rings. The highest BCUT2D eigenvalue weighted by molar-refractivity contribution is 6.11. The maximum atomic E-state index is 5.28. The molecule has 0 bridgehead atoms. The summed E-state index contributed by atoms with van der Waals surface area (Å²) in [4.78, 5) is 10.5. The summed E-state index contributed by atoms with van der Waals surface area (Å²) in [5.74, 6) is 0.889. The number of hydrogen-bond donors (Lipinski definition) is 0. The Hall–Kier alpha value is -5.74. The molecule has 44 heavy (non-hydrogen) atoms. The van der Waals surface area contributed by atoms with E-state index in [1.165, 1.54) is 32.6 Å². The van der Waals surface area contributed by atoms with E-state index in [-0.39, 0.29) is 5.92 Å². The molecule has 0 saturated carbocycles. The van der Waals surface area contributed by atoms with Crippen molar-refractivity contribution in [3.05, 3.63) is 157 Å². The van der Waals surface area contributed by atoms with E-state index in [0.717, 1.165) is 40.1 Å². The number of nitrogens with zero attached hydrogens (tertiary/aromatic N) is 4. The summed E-state index contributed by atoms with van der Waals surface area (Å²) in [7, 11) is 0. The monoisotopic (exact) mass is 564 g/mol. The molecule has 1 unspecified atom stereocenters. The number of para-hydroxylation sites is 3. The minimum atomic E-state index is 0.200. The van der Waals surface area contributed by atoms with E-state index in [0.29, 0.717) is 5.95 Å². The zero-order valence-electron chi connectivity index (χ0n) is 24.0. The quantitative estimate of drug-likeness (QED) is 0.213. The Morgan fingerprint density at radius 3 is 1.80 bits per heavy atom. The summed E-state index contributed by atoms with van der Waals surface area (Å²) in [5.41, 5.74) is 8.71. The van der Waals surface area contributed by atoms with Crippen molar-refractivity contribution in [1.29, 1.82) is 0 Å². The van der Waals surface area contributed by atoms with Crippen LogP contribution in [0.4, 0.5) is 0 Å². The summed E-state index contributed by atoms with van der Waals surface area (Å²) in [6.07, 6.45) is 9.61. The van der Waals surface area contributed by atoms with Crippen LogP contribution in [0.3, 0.4) is 0 Å². The van der Waals surface area contributed by atoms with Crippen molar-refractivity contribution in [3.63, 3.8) is 0 Å². The first kappa shape index (κ1) is 24.8. The number of aromatic nitrogens is 4. The summed E-state index contributed by atoms with van der Waals surface area (Å²) in [6.45, 7) is 0. The van der Waals surface area contributed by atoms with Gasteiger partial charge in [0.2, 0.25) is 5.95 Å². The lowest BCUT2D eigenvalue weighted by atomic mass is 9.96. The second-order valence-corrected chi connectivity index (χ2v) is 11.4. The second-order valence-electron chi connectivity index (χ2n) is 11.4. The first-order valence-electron chi connectivity index (χ1n) is 15.1. The Kier molecular flexibility index (Phi) is 5.60. The molecule has 0 amide bonds. The van der Waals surface area contributed by atoms with Gasteiger partial charge < -0.3 is 4.57 Å². The number of rotatable bonds is 4. The van der Waals surface area contributed by atoms with Crippen LogP contribution in [0.15, 0.2) is 152 Å². The van der Waals surface area contributed by atoms with Gasteiger partial charge in [0.1, 0.15) is 0 Å². The Balaban J connectivity index is 1.34. The molecule has 9 rings (SSSR count). The van der Waals surface area contributed by atoms with E-state index in [9.17, 15) is 0 Å². The van der Waals surface area contributed by atoms with E-state index >= 15 is 0 Å². The van der Waals surface area contributed by atoms with Crippen LogP contribution in [0.5, 0.6) is 0 Å². The van der Waals surface area contributed by atoms with Crippen LogP contribution in [0.1, 0.15) is 18.0 Å². The van der Waals surface area contributed by atoms with E-state index in [1.807, 2.05) is 6.07 Å². The molecular formula is C40H28N4. The van der Waals surface area contributed by atoms with Crippen molar-refractivity contribution in [2.45, 2.75) is 12.3 Å². The molecular weight excluding hydrogens is 536 g/mol. The SMILES string of the molecule is C1=CCC(c2cc(-c3ccccc3)nc(-n3c4ccccc4c4ccc(-n5c6ccccc6c6ccccc65)cc43)n2)C=C1. The molecule has 3 aromatic heterocycles. The fourth-order valence-corrected chi connectivity index (χ4v) is 6.81. The van der Waals surface area contributed by atoms with Crippen LogP contribution in [-0.2, 0) is 0 Å². The Morgan fingerprint density at radius 1 is 0.523 bits per heavy atom. The van der Waals surface area contributed by atoms with Crippen molar-refractivity contribution in [3.8, 4) is 22.9 Å². The predicted molar refractivity (Wildman–Crippen MR) is 182 cm³/mol. The third-order valence-corrected chi connectivity index (χ3v) is 8.86. The molecule has 0 fully saturated rings. The van der Waals surface area contributed by atoms with Gasteiger partial charge in [-0.15, -0.1) is 0 Å². The normalized spacial score (nSPS) is 14.8. The van der Waals surface area contributed by atoms with Crippen LogP contribution in [0.2, 0.25) is 0 Å². The first-order chi connectivity index (χ1) is 21.8. The Labute approximate surface area is 254 Å². The van der Waals surface area contributed by atoms with Crippen molar-refractivity contribution < 1.29 is 0 Å². The van der Waals surface area contributed by atoms with Gasteiger partial charge in [0, 0.05) is 38.7 Å². The van der Waals surface area contributed by atoms with Crippen molar-refractivity contribution in [2.75, 3.05) is 0 Å². The van der Waals surface area contributed by atoms with Crippen LogP contribution in [0.25, 0.3) is 66.5 Å². The highest BCUT2D eigenvalue weighted by Crippen LogP contribution is 2.37. The van der Waals surface area contributed by atoms with Crippen molar-refractivity contribution in [1.82, 2.24) is 19.1 Å². The Bertz CT molecular complexity index is 2370. The fraction of sp³-hybridized carbons (Fsp3) is 0.0500. The zero-order valence-corrected chi connectivity index (χ0v) is 24.0. The number of allylic oxidation sites excluding steroid dienone is 4. The van der Waals surface area contributed by atoms with Crippen molar-refractivity contribution in [2.24, 2.45) is 0 Å². The lowest BCUT2D eigenvalue weighted by Gasteiger charge is -2.16. The lowest BCUT2D eigenvalue weighted by molar-refractivity contribution is 0.797. The van der Waals surface area contributed by atoms with Gasteiger partial charge in [0.25, 0.3) is 0 Å². The van der Waals surface area contributed by atoms with E-state index in [4.69, 9.17) is 9.97 Å². The van der Waals surface area contributed by atoms with Crippen LogP contribution < -0.4 is 0 Å². The predicted octanol–water partition coefficient (Wildman–Crippen LogP) is 9.94. The average Bonchev–Trinajstić information content (AvgIpc) is 3.61. The van der Waals surface area contributed by atoms with Gasteiger partial charge in [-0.3, -0.25) is 4.57 Å². The summed E-state index contributed by atoms with van der Waals surface area (Å²) >= 11 is 0. The molecule has 208 valence electrons. The minimum Gasteiger partial charge on any atom is -0.309 e. The average molecular weight is 565 g/mol. The maximum Gasteiger partial charge on any atom is 0.235 e. The van der Waals surface area contributed by atoms with Crippen LogP contribution >= 0.6 is 0 Å². The standard InChI is InChI=1S/C40H28N4/c1-3-13-27(14-4-1)34-26-35(28-15-5-2-6-16-28)42-40(41-34)44-38-22-12-9-19-32(38)33-24-23-29(25-39(33)44)43-36-20-10-7-17-30(36)31-18-8-11-21-37(31)43/h1-15,17-26,28H,16H2. The molecule has 0 radical (unpaired) electrons. The zero-order chi connectivity index (χ0) is 29.0. The molecule has 8 aromatic rings. The smallest absolute Gasteiger partial charge is 0.235 e. The van der Waals surface area contributed by atoms with Crippen LogP contribution in [-0.4, -0.2) is 19.1 Å². The molecule has 0 N–H and O–H groups in total. The van der Waals surface area contributed by atoms with Crippen LogP contribution in [0, 0.1) is 0 Å². The summed E-state index contributed by atoms with van der Waals surface area (Å²) in [5, 5.41) is 4.87. The second kappa shape index (κ2) is 9.92. The van der Waals surface area contributed by atoms with E-state index in [2.05, 4.69) is 155 Å². The molecule has 0 saturated heterocycles. The largest absolute Gasteiger partial charge is 0.309 e. The molecule has 0 spiro atoms. The number of benzene rings is 5. The van der Waals surface area contributed by atoms with Gasteiger partial charge in [0.05, 0.1) is 33.5 Å². The van der Waals surface area contributed by atoms with Gasteiger partial charge >= 0.3 is 0 Å². The summed E-state index contributed by atoms with van der Waals surface area (Å²) in [6, 6.07) is 45.3. The molecule has 0 aliphatic heterocycles. The molecule has 1 atom stereocenters. The molecule has 4 heteroatoms. The molecule has 4 nitrogen and oxygen atoms in total. The van der Waals surface area contributed by atoms with E-state index < -0.39 is 0 Å². The molecule has 1 aliphatic carbocycles. The van der Waals surface area contributed by atoms with Gasteiger partial charge in [0.15, 0.2) is 0 Å². The number of fused-ring (bicyclic) bond motifs is 6. The number of hydrogen-bond acceptors (Lipinski definition) is 2. The summed E-state index contributed by atoms with van der Waals surface area (Å²) < 4.78 is 4.62. The van der Waals surface area contributed by atoms with Gasteiger partial charge in [-0.1, -0.05) is 115 Å². The molecule has 5 aromatic carbocycles. The van der Waals surface area contributed by atoms with Crippen molar-refractivity contribution >= 4 is 43.6 Å². The molecule has 3 heterocycles. The highest BCUT2D eigenvalue weighted by atomic mass is 15.2. The topological polar surface area (TPSA) is 35.6 Å². The Morgan fingerprint density at radius 2 is 1.14 bits per heavy atom. The minimum absolute atomic E-state index is 0.200. The third kappa shape index (κ3) is 3.85. The van der Waals surface area contributed by atoms with Gasteiger partial charge in [-0.05, 0) is 42.8 Å². The maximum absolute atomic E-state index is 5.28. The first-order valence-corrected chi connectivity index (χ1v) is 15.1. The van der Waals surface area contributed by atoms with Gasteiger partial charge in [-0.25, -0.2) is 9.97 Å². The van der Waals surface area contributed by atoms with Gasteiger partial charge in [-0.2, -0.15) is 0 Å². The fourth-order valence-electron chi connectivity index (χ4n) is 6.81. The van der Waals surface area contributed by atoms with E-state index in [1.54, 1.807) is 0 Å². The highest BCUT2D eigenvalue weighted by Gasteiger charge is 2.20. The third-order valence-electron chi connectivity index (χ3n) is 8.86. The lowest BCUT2D eigenvalue weighted by Crippen LogP contribution is -2.08.